The molecule has 3 aromatic heterocycles. The summed E-state index contributed by atoms with van der Waals surface area (Å²) in [7, 11) is 0. The summed E-state index contributed by atoms with van der Waals surface area (Å²) in [6, 6.07) is 1.90. The highest BCUT2D eigenvalue weighted by Crippen LogP contribution is 2.19. The van der Waals surface area contributed by atoms with Crippen molar-refractivity contribution in [3.8, 4) is 11.4 Å². The number of anilines is 1. The molecule has 130 valence electrons. The maximum absolute atomic E-state index is 12.0. The first-order valence-corrected chi connectivity index (χ1v) is 9.25. The highest BCUT2D eigenvalue weighted by atomic mass is 32.1. The van der Waals surface area contributed by atoms with Gasteiger partial charge in [0.15, 0.2) is 10.8 Å². The molecule has 0 unspecified atom stereocenters. The number of thiazole rings is 1. The third-order valence-corrected chi connectivity index (χ3v) is 4.49. The molecule has 0 saturated heterocycles. The van der Waals surface area contributed by atoms with Gasteiger partial charge in [-0.1, -0.05) is 5.16 Å². The quantitative estimate of drug-likeness (QED) is 0.630. The fraction of sp³-hybridized carbons (Fsp3) is 0.267. The summed E-state index contributed by atoms with van der Waals surface area (Å²) in [6.45, 7) is 1.99. The second-order valence-electron chi connectivity index (χ2n) is 4.83. The number of carbonyl (C=O) groups excluding carboxylic acids is 2. The number of rotatable bonds is 7. The Morgan fingerprint density at radius 3 is 2.96 bits per heavy atom. The summed E-state index contributed by atoms with van der Waals surface area (Å²) < 4.78 is 9.99. The van der Waals surface area contributed by atoms with Gasteiger partial charge < -0.3 is 14.6 Å². The summed E-state index contributed by atoms with van der Waals surface area (Å²) in [4.78, 5) is 31.8. The van der Waals surface area contributed by atoms with Gasteiger partial charge in [-0.2, -0.15) is 16.3 Å². The molecular formula is C15H14N4O4S2. The van der Waals surface area contributed by atoms with Crippen molar-refractivity contribution in [1.29, 1.82) is 0 Å². The minimum Gasteiger partial charge on any atom is -0.461 e. The van der Waals surface area contributed by atoms with Crippen LogP contribution in [0.25, 0.3) is 11.4 Å². The van der Waals surface area contributed by atoms with Gasteiger partial charge in [0.2, 0.25) is 17.6 Å². The molecule has 0 aliphatic heterocycles. The average Bonchev–Trinajstić information content (AvgIpc) is 3.34. The largest absolute Gasteiger partial charge is 0.461 e. The Morgan fingerprint density at radius 2 is 2.20 bits per heavy atom. The summed E-state index contributed by atoms with van der Waals surface area (Å²) in [5, 5.41) is 12.3. The molecule has 0 radical (unpaired) electrons. The van der Waals surface area contributed by atoms with E-state index in [1.165, 1.54) is 0 Å². The van der Waals surface area contributed by atoms with Crippen molar-refractivity contribution in [2.45, 2.75) is 19.8 Å². The molecule has 0 bridgehead atoms. The van der Waals surface area contributed by atoms with Gasteiger partial charge >= 0.3 is 5.97 Å². The summed E-state index contributed by atoms with van der Waals surface area (Å²) in [5.41, 5.74) is 1.07. The molecule has 0 aliphatic carbocycles. The van der Waals surface area contributed by atoms with Gasteiger partial charge in [0, 0.05) is 29.2 Å². The fourth-order valence-corrected chi connectivity index (χ4v) is 3.23. The van der Waals surface area contributed by atoms with Crippen LogP contribution in [0.3, 0.4) is 0 Å². The number of amides is 1. The van der Waals surface area contributed by atoms with Crippen molar-refractivity contribution in [2.24, 2.45) is 0 Å². The van der Waals surface area contributed by atoms with E-state index in [9.17, 15) is 9.59 Å². The summed E-state index contributed by atoms with van der Waals surface area (Å²) in [6.07, 6.45) is 0.485. The number of thiophene rings is 1. The Kier molecular flexibility index (Phi) is 5.51. The Balaban J connectivity index is 1.51. The van der Waals surface area contributed by atoms with Crippen molar-refractivity contribution in [1.82, 2.24) is 15.1 Å². The molecule has 8 nitrogen and oxygen atoms in total. The van der Waals surface area contributed by atoms with E-state index in [1.54, 1.807) is 23.6 Å². The summed E-state index contributed by atoms with van der Waals surface area (Å²) in [5.74, 6) is 0.143. The van der Waals surface area contributed by atoms with Crippen LogP contribution in [-0.2, 0) is 16.0 Å². The van der Waals surface area contributed by atoms with Crippen LogP contribution >= 0.6 is 22.7 Å². The van der Waals surface area contributed by atoms with Crippen LogP contribution in [0.2, 0.25) is 0 Å². The predicted molar refractivity (Wildman–Crippen MR) is 92.6 cm³/mol. The van der Waals surface area contributed by atoms with Crippen LogP contribution in [0.4, 0.5) is 5.13 Å². The van der Waals surface area contributed by atoms with Crippen molar-refractivity contribution < 1.29 is 18.8 Å². The van der Waals surface area contributed by atoms with Gasteiger partial charge in [0.1, 0.15) is 0 Å². The number of ether oxygens (including phenoxy) is 1. The third kappa shape index (κ3) is 4.48. The van der Waals surface area contributed by atoms with Crippen molar-refractivity contribution in [3.63, 3.8) is 0 Å². The molecule has 3 heterocycles. The van der Waals surface area contributed by atoms with E-state index in [2.05, 4.69) is 20.4 Å². The van der Waals surface area contributed by atoms with Gasteiger partial charge in [-0.3, -0.25) is 4.79 Å². The molecule has 25 heavy (non-hydrogen) atoms. The van der Waals surface area contributed by atoms with Gasteiger partial charge in [-0.25, -0.2) is 9.78 Å². The van der Waals surface area contributed by atoms with Crippen LogP contribution < -0.4 is 5.32 Å². The number of hydrogen-bond acceptors (Lipinski definition) is 9. The highest BCUT2D eigenvalue weighted by molar-refractivity contribution is 7.14. The SMILES string of the molecule is CCOC(=O)c1csc(NC(=O)CCc2nc(-c3ccsc3)no2)n1. The summed E-state index contributed by atoms with van der Waals surface area (Å²) >= 11 is 2.71. The molecule has 0 aromatic carbocycles. The van der Waals surface area contributed by atoms with Crippen molar-refractivity contribution in [3.05, 3.63) is 33.8 Å². The first kappa shape index (κ1) is 17.2. The van der Waals surface area contributed by atoms with E-state index >= 15 is 0 Å². The maximum Gasteiger partial charge on any atom is 0.357 e. The zero-order chi connectivity index (χ0) is 17.6. The van der Waals surface area contributed by atoms with E-state index in [0.29, 0.717) is 23.3 Å². The molecule has 1 N–H and O–H groups in total. The third-order valence-electron chi connectivity index (χ3n) is 3.05. The van der Waals surface area contributed by atoms with E-state index in [4.69, 9.17) is 9.26 Å². The predicted octanol–water partition coefficient (Wildman–Crippen LogP) is 3.00. The topological polar surface area (TPSA) is 107 Å². The lowest BCUT2D eigenvalue weighted by molar-refractivity contribution is -0.116. The monoisotopic (exact) mass is 378 g/mol. The van der Waals surface area contributed by atoms with Crippen LogP contribution in [0.1, 0.15) is 29.7 Å². The van der Waals surface area contributed by atoms with Crippen LogP contribution in [0.5, 0.6) is 0 Å². The number of aryl methyl sites for hydroxylation is 1. The van der Waals surface area contributed by atoms with Crippen LogP contribution in [-0.4, -0.2) is 33.6 Å². The zero-order valence-corrected chi connectivity index (χ0v) is 14.9. The number of nitrogens with one attached hydrogen (secondary N) is 1. The van der Waals surface area contributed by atoms with Gasteiger partial charge in [-0.05, 0) is 18.4 Å². The average molecular weight is 378 g/mol. The van der Waals surface area contributed by atoms with Crippen molar-refractivity contribution in [2.75, 3.05) is 11.9 Å². The highest BCUT2D eigenvalue weighted by Gasteiger charge is 2.14. The Bertz CT molecular complexity index is 857. The second kappa shape index (κ2) is 7.99. The minimum absolute atomic E-state index is 0.166. The number of carbonyl (C=O) groups is 2. The molecule has 0 fully saturated rings. The Labute approximate surface area is 150 Å². The first-order valence-electron chi connectivity index (χ1n) is 7.43. The van der Waals surface area contributed by atoms with E-state index in [0.717, 1.165) is 16.9 Å². The zero-order valence-electron chi connectivity index (χ0n) is 13.2. The van der Waals surface area contributed by atoms with Crippen LogP contribution in [0.15, 0.2) is 26.7 Å². The van der Waals surface area contributed by atoms with E-state index < -0.39 is 5.97 Å². The van der Waals surface area contributed by atoms with Gasteiger partial charge in [-0.15, -0.1) is 11.3 Å². The number of nitrogens with zero attached hydrogens (tertiary/aromatic N) is 3. The Hall–Kier alpha value is -2.59. The molecular weight excluding hydrogens is 364 g/mol. The first-order chi connectivity index (χ1) is 12.2. The Morgan fingerprint density at radius 1 is 1.32 bits per heavy atom. The van der Waals surface area contributed by atoms with E-state index in [-0.39, 0.29) is 24.6 Å². The minimum atomic E-state index is -0.508. The molecule has 0 spiro atoms. The number of aromatic nitrogens is 3. The van der Waals surface area contributed by atoms with Gasteiger partial charge in [0.25, 0.3) is 0 Å². The normalized spacial score (nSPS) is 10.6. The lowest BCUT2D eigenvalue weighted by Gasteiger charge is -1.99. The van der Waals surface area contributed by atoms with Crippen molar-refractivity contribution >= 4 is 39.7 Å². The molecule has 0 aliphatic rings. The van der Waals surface area contributed by atoms with Crippen LogP contribution in [0, 0.1) is 0 Å². The fourth-order valence-electron chi connectivity index (χ4n) is 1.90. The van der Waals surface area contributed by atoms with Gasteiger partial charge in [0.05, 0.1) is 6.61 Å². The molecule has 3 aromatic rings. The molecule has 0 atom stereocenters. The lowest BCUT2D eigenvalue weighted by atomic mass is 10.3. The second-order valence-corrected chi connectivity index (χ2v) is 6.47. The lowest BCUT2D eigenvalue weighted by Crippen LogP contribution is -2.13. The number of hydrogen-bond donors (Lipinski definition) is 1. The molecule has 10 heteroatoms. The maximum atomic E-state index is 12.0. The smallest absolute Gasteiger partial charge is 0.357 e. The molecule has 3 rings (SSSR count). The standard InChI is InChI=1S/C15H14N4O4S2/c1-2-22-14(21)10-8-25-15(16-10)17-11(20)3-4-12-18-13(19-23-12)9-5-6-24-7-9/h5-8H,2-4H2,1H3,(H,16,17,20). The molecule has 1 amide bonds. The van der Waals surface area contributed by atoms with E-state index in [1.807, 2.05) is 16.8 Å². The number of esters is 1. The molecule has 0 saturated carbocycles.